The zero-order chi connectivity index (χ0) is 23.1. The van der Waals surface area contributed by atoms with E-state index in [1.165, 1.54) is 9.87 Å². The lowest BCUT2D eigenvalue weighted by Gasteiger charge is -2.28. The summed E-state index contributed by atoms with van der Waals surface area (Å²) in [5.74, 6) is -0.224. The van der Waals surface area contributed by atoms with Crippen LogP contribution in [0.3, 0.4) is 0 Å². The molecule has 1 amide bonds. The topological polar surface area (TPSA) is 66.5 Å². The van der Waals surface area contributed by atoms with Gasteiger partial charge in [0.1, 0.15) is 0 Å². The normalized spacial score (nSPS) is 12.5. The summed E-state index contributed by atoms with van der Waals surface area (Å²) < 4.78 is 28.4. The Bertz CT molecular complexity index is 1130. The molecule has 1 unspecified atom stereocenters. The number of amides is 1. The summed E-state index contributed by atoms with van der Waals surface area (Å²) in [6.45, 7) is 5.91. The Hall–Kier alpha value is -2.96. The van der Waals surface area contributed by atoms with Crippen LogP contribution in [-0.4, -0.2) is 25.2 Å². The number of nitrogens with zero attached hydrogens (tertiary/aromatic N) is 1. The van der Waals surface area contributed by atoms with Crippen molar-refractivity contribution in [1.29, 1.82) is 0 Å². The van der Waals surface area contributed by atoms with Gasteiger partial charge in [-0.1, -0.05) is 67.1 Å². The van der Waals surface area contributed by atoms with E-state index < -0.39 is 16.1 Å². The highest BCUT2D eigenvalue weighted by atomic mass is 32.2. The summed E-state index contributed by atoms with van der Waals surface area (Å²) in [5.41, 5.74) is 3.75. The van der Waals surface area contributed by atoms with E-state index >= 15 is 0 Å². The Morgan fingerprint density at radius 1 is 0.938 bits per heavy atom. The number of aryl methyl sites for hydroxylation is 2. The molecule has 6 heteroatoms. The van der Waals surface area contributed by atoms with Crippen molar-refractivity contribution in [3.05, 3.63) is 95.6 Å². The lowest BCUT2D eigenvalue weighted by molar-refractivity contribution is -0.116. The molecule has 0 heterocycles. The molecule has 5 nitrogen and oxygen atoms in total. The van der Waals surface area contributed by atoms with E-state index in [1.807, 2.05) is 68.4 Å². The molecule has 0 bridgehead atoms. The standard InChI is InChI=1S/C26H30N2O3S/c1-4-22-12-14-24(15-13-22)27-26(29)18-19-28(21(3)23-8-6-5-7-9-23)32(30,31)25-16-10-20(2)11-17-25/h5-17,21H,4,18-19H2,1-3H3,(H,27,29). The van der Waals surface area contributed by atoms with Crippen LogP contribution < -0.4 is 5.32 Å². The molecule has 32 heavy (non-hydrogen) atoms. The van der Waals surface area contributed by atoms with Crippen LogP contribution in [0.4, 0.5) is 5.69 Å². The zero-order valence-electron chi connectivity index (χ0n) is 18.8. The van der Waals surface area contributed by atoms with Gasteiger partial charge < -0.3 is 5.32 Å². The lowest BCUT2D eigenvalue weighted by Crippen LogP contribution is -2.36. The number of hydrogen-bond acceptors (Lipinski definition) is 3. The van der Waals surface area contributed by atoms with Crippen LogP contribution in [-0.2, 0) is 21.2 Å². The third-order valence-electron chi connectivity index (χ3n) is 5.55. The summed E-state index contributed by atoms with van der Waals surface area (Å²) in [7, 11) is -3.79. The second-order valence-corrected chi connectivity index (χ2v) is 9.75. The smallest absolute Gasteiger partial charge is 0.243 e. The number of rotatable bonds is 9. The van der Waals surface area contributed by atoms with Gasteiger partial charge in [-0.2, -0.15) is 4.31 Å². The fourth-order valence-electron chi connectivity index (χ4n) is 3.52. The molecule has 0 saturated heterocycles. The average molecular weight is 451 g/mol. The molecule has 0 fully saturated rings. The number of benzene rings is 3. The number of anilines is 1. The molecule has 1 atom stereocenters. The number of carbonyl (C=O) groups is 1. The van der Waals surface area contributed by atoms with Crippen molar-refractivity contribution in [2.24, 2.45) is 0 Å². The molecule has 168 valence electrons. The largest absolute Gasteiger partial charge is 0.326 e. The van der Waals surface area contributed by atoms with Crippen molar-refractivity contribution < 1.29 is 13.2 Å². The van der Waals surface area contributed by atoms with E-state index in [2.05, 4.69) is 12.2 Å². The number of hydrogen-bond donors (Lipinski definition) is 1. The summed E-state index contributed by atoms with van der Waals surface area (Å²) in [6, 6.07) is 23.5. The van der Waals surface area contributed by atoms with Gasteiger partial charge in [-0.3, -0.25) is 4.79 Å². The van der Waals surface area contributed by atoms with Gasteiger partial charge in [0.05, 0.1) is 4.90 Å². The van der Waals surface area contributed by atoms with Gasteiger partial charge in [0.25, 0.3) is 0 Å². The number of carbonyl (C=O) groups excluding carboxylic acids is 1. The zero-order valence-corrected chi connectivity index (χ0v) is 19.6. The molecule has 0 aliphatic heterocycles. The second kappa shape index (κ2) is 10.6. The minimum Gasteiger partial charge on any atom is -0.326 e. The summed E-state index contributed by atoms with van der Waals surface area (Å²) in [4.78, 5) is 12.8. The number of sulfonamides is 1. The van der Waals surface area contributed by atoms with E-state index in [0.717, 1.165) is 17.5 Å². The maximum Gasteiger partial charge on any atom is 0.243 e. The second-order valence-electron chi connectivity index (χ2n) is 7.86. The Labute approximate surface area is 191 Å². The van der Waals surface area contributed by atoms with Crippen LogP contribution in [0, 0.1) is 6.92 Å². The van der Waals surface area contributed by atoms with Crippen molar-refractivity contribution >= 4 is 21.6 Å². The molecule has 0 aliphatic rings. The van der Waals surface area contributed by atoms with Crippen molar-refractivity contribution in [3.63, 3.8) is 0 Å². The first kappa shape index (κ1) is 23.7. The van der Waals surface area contributed by atoms with E-state index in [9.17, 15) is 13.2 Å². The molecular formula is C26H30N2O3S. The molecule has 3 rings (SSSR count). The van der Waals surface area contributed by atoms with Gasteiger partial charge in [0, 0.05) is 24.7 Å². The van der Waals surface area contributed by atoms with Gasteiger partial charge in [-0.05, 0) is 55.7 Å². The van der Waals surface area contributed by atoms with Crippen LogP contribution in [0.2, 0.25) is 0 Å². The first-order valence-electron chi connectivity index (χ1n) is 10.8. The van der Waals surface area contributed by atoms with Crippen LogP contribution in [0.15, 0.2) is 83.8 Å². The van der Waals surface area contributed by atoms with Gasteiger partial charge >= 0.3 is 0 Å². The Morgan fingerprint density at radius 3 is 2.16 bits per heavy atom. The van der Waals surface area contributed by atoms with Gasteiger partial charge in [-0.25, -0.2) is 8.42 Å². The summed E-state index contributed by atoms with van der Waals surface area (Å²) in [5, 5.41) is 2.87. The minimum absolute atomic E-state index is 0.0534. The van der Waals surface area contributed by atoms with Gasteiger partial charge in [0.2, 0.25) is 15.9 Å². The first-order chi connectivity index (χ1) is 15.3. The van der Waals surface area contributed by atoms with E-state index in [0.29, 0.717) is 5.69 Å². The van der Waals surface area contributed by atoms with Crippen LogP contribution in [0.25, 0.3) is 0 Å². The number of nitrogens with one attached hydrogen (secondary N) is 1. The van der Waals surface area contributed by atoms with Crippen molar-refractivity contribution in [1.82, 2.24) is 4.31 Å². The van der Waals surface area contributed by atoms with E-state index in [1.54, 1.807) is 24.3 Å². The first-order valence-corrected chi connectivity index (χ1v) is 12.3. The highest BCUT2D eigenvalue weighted by molar-refractivity contribution is 7.89. The predicted octanol–water partition coefficient (Wildman–Crippen LogP) is 5.34. The van der Waals surface area contributed by atoms with Crippen molar-refractivity contribution in [3.8, 4) is 0 Å². The Balaban J connectivity index is 1.80. The van der Waals surface area contributed by atoms with Crippen molar-refractivity contribution in [2.75, 3.05) is 11.9 Å². The van der Waals surface area contributed by atoms with Crippen LogP contribution in [0.1, 0.15) is 43.0 Å². The van der Waals surface area contributed by atoms with E-state index in [4.69, 9.17) is 0 Å². The van der Waals surface area contributed by atoms with Gasteiger partial charge in [-0.15, -0.1) is 0 Å². The highest BCUT2D eigenvalue weighted by Gasteiger charge is 2.30. The lowest BCUT2D eigenvalue weighted by atomic mass is 10.1. The maximum atomic E-state index is 13.5. The molecule has 3 aromatic rings. The molecule has 0 aliphatic carbocycles. The quantitative estimate of drug-likeness (QED) is 0.479. The van der Waals surface area contributed by atoms with Gasteiger partial charge in [0.15, 0.2) is 0 Å². The molecular weight excluding hydrogens is 420 g/mol. The van der Waals surface area contributed by atoms with Crippen molar-refractivity contribution in [2.45, 2.75) is 44.6 Å². The predicted molar refractivity (Wildman–Crippen MR) is 129 cm³/mol. The fourth-order valence-corrected chi connectivity index (χ4v) is 5.14. The maximum absolute atomic E-state index is 13.5. The SMILES string of the molecule is CCc1ccc(NC(=O)CCN(C(C)c2ccccc2)S(=O)(=O)c2ccc(C)cc2)cc1. The molecule has 0 spiro atoms. The van der Waals surface area contributed by atoms with Crippen LogP contribution >= 0.6 is 0 Å². The third-order valence-corrected chi connectivity index (χ3v) is 7.53. The fraction of sp³-hybridized carbons (Fsp3) is 0.269. The summed E-state index contributed by atoms with van der Waals surface area (Å²) in [6.07, 6.45) is 0.981. The third kappa shape index (κ3) is 5.84. The monoisotopic (exact) mass is 450 g/mol. The minimum atomic E-state index is -3.79. The molecule has 0 aromatic heterocycles. The average Bonchev–Trinajstić information content (AvgIpc) is 2.80. The molecule has 1 N–H and O–H groups in total. The van der Waals surface area contributed by atoms with Crippen LogP contribution in [0.5, 0.6) is 0 Å². The molecule has 3 aromatic carbocycles. The van der Waals surface area contributed by atoms with E-state index in [-0.39, 0.29) is 23.8 Å². The molecule has 0 saturated carbocycles. The highest BCUT2D eigenvalue weighted by Crippen LogP contribution is 2.28. The summed E-state index contributed by atoms with van der Waals surface area (Å²) >= 11 is 0. The Morgan fingerprint density at radius 2 is 1.56 bits per heavy atom. The Kier molecular flexibility index (Phi) is 7.83. The molecule has 0 radical (unpaired) electrons.